The number of methoxy groups -OCH3 is 1. The first kappa shape index (κ1) is 22.5. The van der Waals surface area contributed by atoms with Gasteiger partial charge in [-0.25, -0.2) is 4.98 Å². The zero-order valence-electron chi connectivity index (χ0n) is 18.9. The van der Waals surface area contributed by atoms with E-state index in [9.17, 15) is 13.2 Å². The molecule has 0 unspecified atom stereocenters. The summed E-state index contributed by atoms with van der Waals surface area (Å²) in [6, 6.07) is 6.92. The number of nitrogens with one attached hydrogen (secondary N) is 1. The SMILES string of the molecule is COC1CN(c2ncc3nc4nc(c3c2C(F)(F)F)N[C@H](C)c2ccccc2OC[C@@H](C)O4)C1. The van der Waals surface area contributed by atoms with E-state index in [0.717, 1.165) is 5.56 Å². The van der Waals surface area contributed by atoms with E-state index in [0.29, 0.717) is 18.8 Å². The van der Waals surface area contributed by atoms with E-state index in [1.807, 2.05) is 31.2 Å². The summed E-state index contributed by atoms with van der Waals surface area (Å²) >= 11 is 0. The van der Waals surface area contributed by atoms with Crippen molar-refractivity contribution in [2.75, 3.05) is 37.0 Å². The highest BCUT2D eigenvalue weighted by Gasteiger charge is 2.42. The van der Waals surface area contributed by atoms with Crippen LogP contribution in [0.1, 0.15) is 31.0 Å². The summed E-state index contributed by atoms with van der Waals surface area (Å²) in [5.74, 6) is 0.480. The van der Waals surface area contributed by atoms with Crippen LogP contribution in [0.15, 0.2) is 30.5 Å². The monoisotopic (exact) mass is 475 g/mol. The fourth-order valence-corrected chi connectivity index (χ4v) is 4.19. The number of hydrogen-bond donors (Lipinski definition) is 1. The van der Waals surface area contributed by atoms with Crippen molar-refractivity contribution in [3.05, 3.63) is 41.6 Å². The third-order valence-electron chi connectivity index (χ3n) is 5.98. The Morgan fingerprint density at radius 2 is 1.91 bits per heavy atom. The second-order valence-corrected chi connectivity index (χ2v) is 8.48. The van der Waals surface area contributed by atoms with Gasteiger partial charge in [-0.3, -0.25) is 0 Å². The molecule has 11 heteroatoms. The van der Waals surface area contributed by atoms with E-state index in [2.05, 4.69) is 20.3 Å². The van der Waals surface area contributed by atoms with Gasteiger partial charge in [0, 0.05) is 25.8 Å². The Labute approximate surface area is 194 Å². The Kier molecular flexibility index (Phi) is 5.59. The van der Waals surface area contributed by atoms with Gasteiger partial charge in [-0.1, -0.05) is 18.2 Å². The summed E-state index contributed by atoms with van der Waals surface area (Å²) in [4.78, 5) is 14.3. The standard InChI is InChI=1S/C23H24F3N5O3/c1-12-11-33-17-7-5-4-6-15(17)13(2)28-20-18-16(29-22(30-20)34-12)8-27-21(19(18)23(24,25)26)31-9-14(10-31)32-3/h4-8,12-14H,9-11H2,1-3H3,(H,28,29,30)/t12-,13-/m1/s1. The fraction of sp³-hybridized carbons (Fsp3) is 0.435. The molecule has 2 aliphatic heterocycles. The summed E-state index contributed by atoms with van der Waals surface area (Å²) in [7, 11) is 1.54. The molecule has 2 aromatic heterocycles. The van der Waals surface area contributed by atoms with E-state index in [1.165, 1.54) is 13.3 Å². The Morgan fingerprint density at radius 3 is 2.65 bits per heavy atom. The predicted octanol–water partition coefficient (Wildman–Crippen LogP) is 4.21. The lowest BCUT2D eigenvalue weighted by Crippen LogP contribution is -2.52. The first-order valence-corrected chi connectivity index (χ1v) is 10.9. The summed E-state index contributed by atoms with van der Waals surface area (Å²) in [5, 5.41) is 3.00. The first-order valence-electron chi connectivity index (χ1n) is 10.9. The molecule has 3 aromatic rings. The Hall–Kier alpha value is -3.34. The second kappa shape index (κ2) is 8.46. The van der Waals surface area contributed by atoms with Crippen LogP contribution in [0.5, 0.6) is 11.8 Å². The molecular weight excluding hydrogens is 451 g/mol. The number of benzene rings is 1. The van der Waals surface area contributed by atoms with Gasteiger partial charge >= 0.3 is 12.2 Å². The summed E-state index contributed by atoms with van der Waals surface area (Å²) < 4.78 is 60.3. The third-order valence-corrected chi connectivity index (χ3v) is 5.98. The lowest BCUT2D eigenvalue weighted by molar-refractivity contribution is -0.136. The fourth-order valence-electron chi connectivity index (χ4n) is 4.19. The molecular formula is C23H24F3N5O3. The zero-order chi connectivity index (χ0) is 24.0. The number of rotatable bonds is 2. The van der Waals surface area contributed by atoms with Crippen molar-refractivity contribution < 1.29 is 27.4 Å². The topological polar surface area (TPSA) is 81.6 Å². The Balaban J connectivity index is 1.70. The molecule has 180 valence electrons. The van der Waals surface area contributed by atoms with Crippen LogP contribution in [0.2, 0.25) is 0 Å². The van der Waals surface area contributed by atoms with Crippen molar-refractivity contribution in [2.24, 2.45) is 0 Å². The van der Waals surface area contributed by atoms with E-state index >= 15 is 0 Å². The van der Waals surface area contributed by atoms with E-state index in [4.69, 9.17) is 14.2 Å². The van der Waals surface area contributed by atoms with Gasteiger partial charge in [0.2, 0.25) is 0 Å². The molecule has 1 saturated heterocycles. The van der Waals surface area contributed by atoms with Gasteiger partial charge in [-0.05, 0) is 19.9 Å². The van der Waals surface area contributed by atoms with Crippen molar-refractivity contribution in [3.8, 4) is 11.8 Å². The molecule has 2 aliphatic rings. The number of ether oxygens (including phenoxy) is 3. The minimum atomic E-state index is -4.69. The average molecular weight is 475 g/mol. The molecule has 0 radical (unpaired) electrons. The van der Waals surface area contributed by atoms with Gasteiger partial charge < -0.3 is 24.4 Å². The number of alkyl halides is 3. The molecule has 2 atom stereocenters. The molecule has 1 fully saturated rings. The van der Waals surface area contributed by atoms with Crippen LogP contribution in [0, 0.1) is 0 Å². The van der Waals surface area contributed by atoms with Crippen LogP contribution in [0.3, 0.4) is 0 Å². The minimum absolute atomic E-state index is 0.0243. The largest absolute Gasteiger partial charge is 0.489 e. The van der Waals surface area contributed by atoms with Crippen molar-refractivity contribution in [1.29, 1.82) is 0 Å². The summed E-state index contributed by atoms with van der Waals surface area (Å²) in [5.41, 5.74) is -0.0491. The molecule has 0 spiro atoms. The Bertz CT molecular complexity index is 1220. The normalized spacial score (nSPS) is 20.9. The van der Waals surface area contributed by atoms with E-state index in [1.54, 1.807) is 11.8 Å². The van der Waals surface area contributed by atoms with Gasteiger partial charge in [-0.15, -0.1) is 0 Å². The first-order chi connectivity index (χ1) is 16.2. The van der Waals surface area contributed by atoms with E-state index in [-0.39, 0.29) is 41.3 Å². The molecule has 0 aliphatic carbocycles. The number of pyridine rings is 1. The number of aromatic nitrogens is 3. The lowest BCUT2D eigenvalue weighted by atomic mass is 10.0. The van der Waals surface area contributed by atoms with Gasteiger partial charge in [0.25, 0.3) is 0 Å². The maximum absolute atomic E-state index is 14.5. The van der Waals surface area contributed by atoms with E-state index < -0.39 is 23.9 Å². The smallest absolute Gasteiger partial charge is 0.420 e. The maximum atomic E-state index is 14.5. The highest BCUT2D eigenvalue weighted by molar-refractivity contribution is 5.95. The van der Waals surface area contributed by atoms with Crippen molar-refractivity contribution in [1.82, 2.24) is 15.0 Å². The maximum Gasteiger partial charge on any atom is 0.420 e. The lowest BCUT2D eigenvalue weighted by Gasteiger charge is -2.40. The van der Waals surface area contributed by atoms with Crippen LogP contribution in [-0.2, 0) is 10.9 Å². The summed E-state index contributed by atoms with van der Waals surface area (Å²) in [6.45, 7) is 4.49. The van der Waals surface area contributed by atoms with Crippen LogP contribution >= 0.6 is 0 Å². The highest BCUT2D eigenvalue weighted by atomic mass is 19.4. The van der Waals surface area contributed by atoms with Gasteiger partial charge in [0.1, 0.15) is 35.7 Å². The number of para-hydroxylation sites is 1. The second-order valence-electron chi connectivity index (χ2n) is 8.48. The molecule has 5 rings (SSSR count). The molecule has 34 heavy (non-hydrogen) atoms. The number of fused-ring (bicyclic) bond motifs is 5. The molecule has 1 aromatic carbocycles. The molecule has 4 heterocycles. The molecule has 0 saturated carbocycles. The summed E-state index contributed by atoms with van der Waals surface area (Å²) in [6.07, 6.45) is -3.93. The zero-order valence-corrected chi connectivity index (χ0v) is 18.9. The number of anilines is 2. The van der Waals surface area contributed by atoms with Crippen LogP contribution in [0.25, 0.3) is 10.9 Å². The highest BCUT2D eigenvalue weighted by Crippen LogP contribution is 2.44. The number of hydrogen-bond acceptors (Lipinski definition) is 8. The van der Waals surface area contributed by atoms with Crippen molar-refractivity contribution >= 4 is 22.5 Å². The molecule has 8 nitrogen and oxygen atoms in total. The van der Waals surface area contributed by atoms with Crippen molar-refractivity contribution in [3.63, 3.8) is 0 Å². The van der Waals surface area contributed by atoms with Crippen LogP contribution < -0.4 is 19.7 Å². The quantitative estimate of drug-likeness (QED) is 0.591. The average Bonchev–Trinajstić information content (AvgIpc) is 2.77. The van der Waals surface area contributed by atoms with Gasteiger partial charge in [-0.2, -0.15) is 23.1 Å². The number of halogens is 3. The Morgan fingerprint density at radius 1 is 1.15 bits per heavy atom. The van der Waals surface area contributed by atoms with Gasteiger partial charge in [0.05, 0.1) is 29.2 Å². The van der Waals surface area contributed by atoms with Gasteiger partial charge in [0.15, 0.2) is 0 Å². The molecule has 0 amide bonds. The third kappa shape index (κ3) is 4.04. The molecule has 1 N–H and O–H groups in total. The minimum Gasteiger partial charge on any atom is -0.489 e. The predicted molar refractivity (Wildman–Crippen MR) is 119 cm³/mol. The van der Waals surface area contributed by atoms with Crippen LogP contribution in [0.4, 0.5) is 24.8 Å². The van der Waals surface area contributed by atoms with Crippen molar-refractivity contribution in [2.45, 2.75) is 38.3 Å². The molecule has 2 bridgehead atoms. The van der Waals surface area contributed by atoms with Crippen LogP contribution in [-0.4, -0.2) is 54.0 Å². The number of nitrogens with zero attached hydrogens (tertiary/aromatic N) is 4.